The second kappa shape index (κ2) is 8.32. The SMILES string of the molecule is CCC(c1ccccc1)C([PH3+])(c1ccccc1)c1ccccc1.F[P-](F)(F)(F)(F)F. The zero-order valence-corrected chi connectivity index (χ0v) is 18.7. The summed E-state index contributed by atoms with van der Waals surface area (Å²) >= 11 is 0. The van der Waals surface area contributed by atoms with Gasteiger partial charge < -0.3 is 0 Å². The summed E-state index contributed by atoms with van der Waals surface area (Å²) in [6.07, 6.45) is 1.11. The molecule has 0 bridgehead atoms. The van der Waals surface area contributed by atoms with E-state index < -0.39 is 7.81 Å². The van der Waals surface area contributed by atoms with Crippen LogP contribution in [0.1, 0.15) is 36.0 Å². The first-order valence-electron chi connectivity index (χ1n) is 9.29. The summed E-state index contributed by atoms with van der Waals surface area (Å²) < 4.78 is 59.2. The molecule has 3 rings (SSSR count). The molecule has 0 radical (unpaired) electrons. The van der Waals surface area contributed by atoms with E-state index in [4.69, 9.17) is 0 Å². The number of hydrogen-bond donors (Lipinski definition) is 0. The summed E-state index contributed by atoms with van der Waals surface area (Å²) in [7, 11) is -8.53. The maximum absolute atomic E-state index is 10.7. The fraction of sp³-hybridized carbons (Fsp3) is 0.182. The van der Waals surface area contributed by atoms with E-state index in [0.717, 1.165) is 6.42 Å². The Kier molecular flexibility index (Phi) is 6.76. The van der Waals surface area contributed by atoms with E-state index in [1.54, 1.807) is 0 Å². The van der Waals surface area contributed by atoms with Crippen molar-refractivity contribution in [3.63, 3.8) is 0 Å². The fourth-order valence-corrected chi connectivity index (χ4v) is 4.59. The molecule has 2 atom stereocenters. The molecule has 3 aromatic carbocycles. The molecule has 0 aliphatic heterocycles. The van der Waals surface area contributed by atoms with Crippen LogP contribution >= 0.6 is 17.0 Å². The molecule has 0 heterocycles. The van der Waals surface area contributed by atoms with Crippen LogP contribution in [0.5, 0.6) is 0 Å². The minimum atomic E-state index is -10.7. The van der Waals surface area contributed by atoms with Gasteiger partial charge in [-0.1, -0.05) is 97.9 Å². The van der Waals surface area contributed by atoms with Crippen molar-refractivity contribution >= 4 is 17.0 Å². The quantitative estimate of drug-likeness (QED) is 0.261. The number of halogens is 6. The molecular weight excluding hydrogens is 440 g/mol. The molecule has 0 fully saturated rings. The second-order valence-corrected chi connectivity index (χ2v) is 10.1. The Labute approximate surface area is 174 Å². The Balaban J connectivity index is 0.000000396. The molecular formula is C22H24F6P2. The summed E-state index contributed by atoms with van der Waals surface area (Å²) in [5.74, 6) is 0.451. The number of hydrogen-bond acceptors (Lipinski definition) is 0. The zero-order chi connectivity index (χ0) is 22.5. The Morgan fingerprint density at radius 1 is 0.667 bits per heavy atom. The van der Waals surface area contributed by atoms with Gasteiger partial charge in [-0.05, 0) is 32.4 Å². The summed E-state index contributed by atoms with van der Waals surface area (Å²) in [5.41, 5.74) is 4.19. The van der Waals surface area contributed by atoms with E-state index in [9.17, 15) is 25.2 Å². The summed E-state index contributed by atoms with van der Waals surface area (Å²) in [6, 6.07) is 32.8. The van der Waals surface area contributed by atoms with Crippen LogP contribution in [-0.4, -0.2) is 0 Å². The van der Waals surface area contributed by atoms with Gasteiger partial charge >= 0.3 is 33.0 Å². The van der Waals surface area contributed by atoms with Gasteiger partial charge in [-0.2, -0.15) is 0 Å². The molecule has 0 amide bonds. The standard InChI is InChI=1S/C22H23P.F6P/c1-2-21(18-12-6-3-7-13-18)22(23,19-14-8-4-9-15-19)20-16-10-5-11-17-20;1-7(2,3,4,5)6/h3-17,21H,2,23H2,1H3;/q;-1/p+1. The van der Waals surface area contributed by atoms with Gasteiger partial charge in [-0.3, -0.25) is 0 Å². The Hall–Kier alpha value is -1.90. The van der Waals surface area contributed by atoms with Crippen molar-refractivity contribution in [1.82, 2.24) is 0 Å². The van der Waals surface area contributed by atoms with Gasteiger partial charge in [0.1, 0.15) is 5.16 Å². The number of benzene rings is 3. The van der Waals surface area contributed by atoms with Crippen LogP contribution in [0.15, 0.2) is 91.0 Å². The van der Waals surface area contributed by atoms with E-state index in [1.165, 1.54) is 16.7 Å². The Morgan fingerprint density at radius 3 is 1.27 bits per heavy atom. The first kappa shape index (κ1) is 24.4. The van der Waals surface area contributed by atoms with Gasteiger partial charge in [0, 0.05) is 5.92 Å². The van der Waals surface area contributed by atoms with Crippen LogP contribution in [0, 0.1) is 0 Å². The molecule has 0 spiro atoms. The van der Waals surface area contributed by atoms with Crippen LogP contribution in [-0.2, 0) is 5.16 Å². The molecule has 8 heteroatoms. The van der Waals surface area contributed by atoms with E-state index in [-0.39, 0.29) is 5.16 Å². The second-order valence-electron chi connectivity index (χ2n) is 7.03. The van der Waals surface area contributed by atoms with Crippen molar-refractivity contribution in [2.45, 2.75) is 24.4 Å². The van der Waals surface area contributed by atoms with Gasteiger partial charge in [-0.25, -0.2) is 0 Å². The van der Waals surface area contributed by atoms with Crippen molar-refractivity contribution in [3.05, 3.63) is 108 Å². The third kappa shape index (κ3) is 7.74. The van der Waals surface area contributed by atoms with Crippen LogP contribution in [0.25, 0.3) is 0 Å². The van der Waals surface area contributed by atoms with Gasteiger partial charge in [0.25, 0.3) is 0 Å². The van der Waals surface area contributed by atoms with Crippen molar-refractivity contribution in [3.8, 4) is 0 Å². The van der Waals surface area contributed by atoms with Crippen molar-refractivity contribution in [2.24, 2.45) is 0 Å². The van der Waals surface area contributed by atoms with E-state index in [1.807, 2.05) is 0 Å². The summed E-state index contributed by atoms with van der Waals surface area (Å²) in [6.45, 7) is 2.30. The van der Waals surface area contributed by atoms with Crippen LogP contribution < -0.4 is 0 Å². The van der Waals surface area contributed by atoms with Crippen molar-refractivity contribution in [2.75, 3.05) is 0 Å². The van der Waals surface area contributed by atoms with Crippen LogP contribution in [0.4, 0.5) is 25.2 Å². The summed E-state index contributed by atoms with van der Waals surface area (Å²) in [5, 5.41) is -0.0153. The zero-order valence-electron chi connectivity index (χ0n) is 16.4. The predicted molar refractivity (Wildman–Crippen MR) is 118 cm³/mol. The molecule has 0 aliphatic rings. The third-order valence-electron chi connectivity index (χ3n) is 4.78. The van der Waals surface area contributed by atoms with E-state index in [0.29, 0.717) is 5.92 Å². The van der Waals surface area contributed by atoms with E-state index in [2.05, 4.69) is 107 Å². The molecule has 0 nitrogen and oxygen atoms in total. The average Bonchev–Trinajstić information content (AvgIpc) is 2.68. The molecule has 0 saturated carbocycles. The molecule has 0 aliphatic carbocycles. The minimum absolute atomic E-state index is 0.0153. The number of rotatable bonds is 5. The van der Waals surface area contributed by atoms with Gasteiger partial charge in [0.15, 0.2) is 0 Å². The molecule has 30 heavy (non-hydrogen) atoms. The molecule has 0 aromatic heterocycles. The Bertz CT molecular complexity index is 877. The molecule has 164 valence electrons. The fourth-order valence-electron chi connectivity index (χ4n) is 3.59. The average molecular weight is 464 g/mol. The van der Waals surface area contributed by atoms with Crippen molar-refractivity contribution < 1.29 is 25.2 Å². The first-order valence-corrected chi connectivity index (χ1v) is 12.0. The maximum atomic E-state index is 9.87. The molecule has 3 aromatic rings. The van der Waals surface area contributed by atoms with Crippen LogP contribution in [0.2, 0.25) is 0 Å². The van der Waals surface area contributed by atoms with Crippen molar-refractivity contribution in [1.29, 1.82) is 0 Å². The van der Waals surface area contributed by atoms with Crippen LogP contribution in [0.3, 0.4) is 0 Å². The monoisotopic (exact) mass is 464 g/mol. The predicted octanol–water partition coefficient (Wildman–Crippen LogP) is 9.11. The topological polar surface area (TPSA) is 0 Å². The molecule has 2 unspecified atom stereocenters. The molecule has 0 saturated heterocycles. The Morgan fingerprint density at radius 2 is 0.967 bits per heavy atom. The third-order valence-corrected chi connectivity index (χ3v) is 6.09. The normalized spacial score (nSPS) is 15.3. The molecule has 0 N–H and O–H groups in total. The van der Waals surface area contributed by atoms with Gasteiger partial charge in [-0.15, -0.1) is 0 Å². The van der Waals surface area contributed by atoms with E-state index >= 15 is 0 Å². The van der Waals surface area contributed by atoms with Gasteiger partial charge in [0.2, 0.25) is 0 Å². The first-order chi connectivity index (χ1) is 13.7. The summed E-state index contributed by atoms with van der Waals surface area (Å²) in [4.78, 5) is 0. The van der Waals surface area contributed by atoms with Gasteiger partial charge in [0.05, 0.1) is 0 Å².